The van der Waals surface area contributed by atoms with Crippen LogP contribution in [-0.4, -0.2) is 57.4 Å². The average molecular weight is 277 g/mol. The van der Waals surface area contributed by atoms with E-state index in [-0.39, 0.29) is 35.9 Å². The fraction of sp³-hybridized carbons (Fsp3) is 0.818. The van der Waals surface area contributed by atoms with Crippen LogP contribution in [0, 0.1) is 11.8 Å². The van der Waals surface area contributed by atoms with Crippen molar-refractivity contribution in [1.82, 2.24) is 4.90 Å². The van der Waals surface area contributed by atoms with Crippen LogP contribution in [0.15, 0.2) is 0 Å². The summed E-state index contributed by atoms with van der Waals surface area (Å²) >= 11 is 0. The molecule has 1 saturated heterocycles. The molecule has 1 heterocycles. The topological polar surface area (TPSA) is 80.8 Å². The summed E-state index contributed by atoms with van der Waals surface area (Å²) in [4.78, 5) is 24.8. The molecule has 1 amide bonds. The molecule has 1 fully saturated rings. The number of hydrogen-bond acceptors (Lipinski definition) is 5. The lowest BCUT2D eigenvalue weighted by molar-refractivity contribution is -0.146. The molecule has 0 aliphatic carbocycles. The highest BCUT2D eigenvalue weighted by Gasteiger charge is 2.37. The van der Waals surface area contributed by atoms with E-state index in [1.54, 1.807) is 0 Å². The number of nitrogens with zero attached hydrogens (tertiary/aromatic N) is 1. The summed E-state index contributed by atoms with van der Waals surface area (Å²) in [6.07, 6.45) is 1.07. The number of methoxy groups -OCH3 is 1. The number of hydrogen-bond donors (Lipinski definition) is 0. The molecule has 6 nitrogen and oxygen atoms in total. The first-order valence-corrected chi connectivity index (χ1v) is 7.84. The summed E-state index contributed by atoms with van der Waals surface area (Å²) < 4.78 is 26.7. The number of rotatable bonds is 4. The van der Waals surface area contributed by atoms with Gasteiger partial charge in [0.2, 0.25) is 5.91 Å². The van der Waals surface area contributed by atoms with Gasteiger partial charge in [0.15, 0.2) is 0 Å². The Morgan fingerprint density at radius 2 is 1.94 bits per heavy atom. The summed E-state index contributed by atoms with van der Waals surface area (Å²) in [5.74, 6) is -0.962. The van der Waals surface area contributed by atoms with E-state index in [0.29, 0.717) is 13.1 Å². The third-order valence-corrected chi connectivity index (χ3v) is 4.10. The Hall–Kier alpha value is -1.11. The van der Waals surface area contributed by atoms with Crippen molar-refractivity contribution in [1.29, 1.82) is 0 Å². The van der Waals surface area contributed by atoms with E-state index < -0.39 is 9.84 Å². The molecule has 1 aliphatic heterocycles. The molecule has 0 spiro atoms. The lowest BCUT2D eigenvalue weighted by atomic mass is 9.99. The van der Waals surface area contributed by atoms with Crippen molar-refractivity contribution >= 4 is 21.7 Å². The van der Waals surface area contributed by atoms with Gasteiger partial charge in [0.05, 0.1) is 18.8 Å². The summed E-state index contributed by atoms with van der Waals surface area (Å²) in [6.45, 7) is 2.67. The maximum atomic E-state index is 11.8. The minimum absolute atomic E-state index is 0.0283. The van der Waals surface area contributed by atoms with Crippen LogP contribution in [0.25, 0.3) is 0 Å². The number of carbonyl (C=O) groups is 2. The number of likely N-dealkylation sites (tertiary alicyclic amines) is 1. The number of amides is 1. The second kappa shape index (κ2) is 5.69. The summed E-state index contributed by atoms with van der Waals surface area (Å²) in [6, 6.07) is 0. The van der Waals surface area contributed by atoms with Crippen molar-refractivity contribution in [2.24, 2.45) is 11.8 Å². The lowest BCUT2D eigenvalue weighted by Gasteiger charge is -2.15. The zero-order valence-corrected chi connectivity index (χ0v) is 11.7. The monoisotopic (exact) mass is 277 g/mol. The Labute approximate surface area is 107 Å². The van der Waals surface area contributed by atoms with Crippen molar-refractivity contribution in [2.75, 3.05) is 32.2 Å². The first-order valence-electron chi connectivity index (χ1n) is 5.78. The minimum atomic E-state index is -3.14. The van der Waals surface area contributed by atoms with Gasteiger partial charge in [-0.3, -0.25) is 9.59 Å². The molecule has 18 heavy (non-hydrogen) atoms. The Kier molecular flexibility index (Phi) is 4.72. The smallest absolute Gasteiger partial charge is 0.310 e. The van der Waals surface area contributed by atoms with Crippen LogP contribution in [-0.2, 0) is 24.2 Å². The zero-order chi connectivity index (χ0) is 13.9. The molecule has 2 unspecified atom stereocenters. The van der Waals surface area contributed by atoms with Gasteiger partial charge in [-0.2, -0.15) is 0 Å². The summed E-state index contributed by atoms with van der Waals surface area (Å²) in [5, 5.41) is 0. The zero-order valence-electron chi connectivity index (χ0n) is 10.9. The van der Waals surface area contributed by atoms with E-state index in [1.807, 2.05) is 6.92 Å². The summed E-state index contributed by atoms with van der Waals surface area (Å²) in [5.41, 5.74) is 0. The van der Waals surface area contributed by atoms with Gasteiger partial charge in [0.1, 0.15) is 9.84 Å². The SMILES string of the molecule is COC(=O)C1CN(C(=O)CCS(C)(=O)=O)CC1C. The standard InChI is InChI=1S/C11H19NO5S/c1-8-6-12(7-9(8)11(14)17-2)10(13)4-5-18(3,15)16/h8-9H,4-7H2,1-3H3. The average Bonchev–Trinajstić information content (AvgIpc) is 2.66. The molecule has 104 valence electrons. The van der Waals surface area contributed by atoms with Crippen LogP contribution >= 0.6 is 0 Å². The van der Waals surface area contributed by atoms with E-state index >= 15 is 0 Å². The predicted octanol–water partition coefficient (Wildman–Crippen LogP) is -0.311. The van der Waals surface area contributed by atoms with Crippen LogP contribution in [0.2, 0.25) is 0 Å². The highest BCUT2D eigenvalue weighted by atomic mass is 32.2. The first kappa shape index (κ1) is 14.9. The predicted molar refractivity (Wildman–Crippen MR) is 65.6 cm³/mol. The maximum absolute atomic E-state index is 11.8. The number of carbonyl (C=O) groups excluding carboxylic acids is 2. The van der Waals surface area contributed by atoms with E-state index in [4.69, 9.17) is 0 Å². The van der Waals surface area contributed by atoms with Crippen molar-refractivity contribution in [3.8, 4) is 0 Å². The fourth-order valence-electron chi connectivity index (χ4n) is 2.06. The Bertz CT molecular complexity index is 431. The number of ether oxygens (including phenoxy) is 1. The molecule has 0 saturated carbocycles. The first-order chi connectivity index (χ1) is 8.24. The van der Waals surface area contributed by atoms with Crippen LogP contribution in [0.1, 0.15) is 13.3 Å². The van der Waals surface area contributed by atoms with Crippen LogP contribution in [0.4, 0.5) is 0 Å². The molecule has 1 rings (SSSR count). The van der Waals surface area contributed by atoms with Crippen LogP contribution in [0.3, 0.4) is 0 Å². The Morgan fingerprint density at radius 3 is 2.44 bits per heavy atom. The number of sulfone groups is 1. The molecule has 0 bridgehead atoms. The molecule has 7 heteroatoms. The molecule has 0 aromatic rings. The third-order valence-electron chi connectivity index (χ3n) is 3.16. The molecular weight excluding hydrogens is 258 g/mol. The second-order valence-corrected chi connectivity index (χ2v) is 7.05. The quantitative estimate of drug-likeness (QED) is 0.658. The molecule has 1 aliphatic rings. The van der Waals surface area contributed by atoms with Gasteiger partial charge < -0.3 is 9.64 Å². The van der Waals surface area contributed by atoms with Gasteiger partial charge in [-0.1, -0.05) is 6.92 Å². The molecule has 0 radical (unpaired) electrons. The largest absolute Gasteiger partial charge is 0.469 e. The Morgan fingerprint density at radius 1 is 1.33 bits per heavy atom. The minimum Gasteiger partial charge on any atom is -0.469 e. The van der Waals surface area contributed by atoms with Gasteiger partial charge in [-0.15, -0.1) is 0 Å². The number of esters is 1. The molecule has 0 N–H and O–H groups in total. The Balaban J connectivity index is 2.55. The van der Waals surface area contributed by atoms with Gasteiger partial charge >= 0.3 is 5.97 Å². The van der Waals surface area contributed by atoms with E-state index in [9.17, 15) is 18.0 Å². The van der Waals surface area contributed by atoms with E-state index in [2.05, 4.69) is 4.74 Å². The third kappa shape index (κ3) is 3.97. The molecular formula is C11H19NO5S. The van der Waals surface area contributed by atoms with Gasteiger partial charge in [0, 0.05) is 25.8 Å². The van der Waals surface area contributed by atoms with Gasteiger partial charge in [-0.25, -0.2) is 8.42 Å². The van der Waals surface area contributed by atoms with Crippen molar-refractivity contribution in [3.05, 3.63) is 0 Å². The van der Waals surface area contributed by atoms with Crippen molar-refractivity contribution < 1.29 is 22.7 Å². The normalized spacial score (nSPS) is 24.1. The molecule has 0 aromatic carbocycles. The molecule has 0 aromatic heterocycles. The fourth-order valence-corrected chi connectivity index (χ4v) is 2.60. The lowest BCUT2D eigenvalue weighted by Crippen LogP contribution is -2.31. The highest BCUT2D eigenvalue weighted by molar-refractivity contribution is 7.90. The van der Waals surface area contributed by atoms with Crippen LogP contribution < -0.4 is 0 Å². The van der Waals surface area contributed by atoms with Crippen molar-refractivity contribution in [2.45, 2.75) is 13.3 Å². The molecule has 2 atom stereocenters. The van der Waals surface area contributed by atoms with E-state index in [0.717, 1.165) is 6.26 Å². The second-order valence-electron chi connectivity index (χ2n) is 4.79. The van der Waals surface area contributed by atoms with E-state index in [1.165, 1.54) is 12.0 Å². The maximum Gasteiger partial charge on any atom is 0.310 e. The van der Waals surface area contributed by atoms with Crippen LogP contribution in [0.5, 0.6) is 0 Å². The van der Waals surface area contributed by atoms with Gasteiger partial charge in [0.25, 0.3) is 0 Å². The van der Waals surface area contributed by atoms with Gasteiger partial charge in [-0.05, 0) is 5.92 Å². The summed E-state index contributed by atoms with van der Waals surface area (Å²) in [7, 11) is -1.81. The van der Waals surface area contributed by atoms with Crippen molar-refractivity contribution in [3.63, 3.8) is 0 Å². The highest BCUT2D eigenvalue weighted by Crippen LogP contribution is 2.24.